The standard InChI is InChI=1S/C19H23FN2O4/c1-2-19(24)21-11-18-16(23)8-7-15(25-18)9-14-10-17(26-22-14)12-3-5-13(20)6-4-12/h3-6,10,15-16,18,23H,2,7-9,11H2,1H3,(H,21,24)/t15-,16-,18+/m0/s1. The fourth-order valence-corrected chi connectivity index (χ4v) is 3.01. The molecule has 26 heavy (non-hydrogen) atoms. The van der Waals surface area contributed by atoms with Crippen LogP contribution in [0.5, 0.6) is 0 Å². The lowest BCUT2D eigenvalue weighted by molar-refractivity contribution is -0.128. The van der Waals surface area contributed by atoms with Gasteiger partial charge in [-0.05, 0) is 37.1 Å². The molecule has 1 aromatic heterocycles. The Balaban J connectivity index is 1.58. The Morgan fingerprint density at radius 1 is 1.35 bits per heavy atom. The molecular weight excluding hydrogens is 339 g/mol. The second-order valence-electron chi connectivity index (χ2n) is 6.49. The summed E-state index contributed by atoms with van der Waals surface area (Å²) in [5.41, 5.74) is 1.49. The van der Waals surface area contributed by atoms with E-state index in [2.05, 4.69) is 10.5 Å². The molecule has 7 heteroatoms. The van der Waals surface area contributed by atoms with E-state index in [9.17, 15) is 14.3 Å². The first-order valence-electron chi connectivity index (χ1n) is 8.87. The number of aliphatic hydroxyl groups is 1. The van der Waals surface area contributed by atoms with Crippen molar-refractivity contribution in [2.75, 3.05) is 6.54 Å². The molecule has 1 aliphatic heterocycles. The number of benzene rings is 1. The predicted octanol–water partition coefficient (Wildman–Crippen LogP) is 2.46. The van der Waals surface area contributed by atoms with Gasteiger partial charge in [0.05, 0.1) is 17.9 Å². The quantitative estimate of drug-likeness (QED) is 0.825. The molecular formula is C19H23FN2O4. The summed E-state index contributed by atoms with van der Waals surface area (Å²) in [6.07, 6.45) is 1.15. The van der Waals surface area contributed by atoms with Crippen LogP contribution in [0.15, 0.2) is 34.9 Å². The molecule has 2 heterocycles. The zero-order valence-electron chi connectivity index (χ0n) is 14.7. The Bertz CT molecular complexity index is 731. The van der Waals surface area contributed by atoms with Crippen molar-refractivity contribution in [1.29, 1.82) is 0 Å². The fraction of sp³-hybridized carbons (Fsp3) is 0.474. The van der Waals surface area contributed by atoms with E-state index in [-0.39, 0.29) is 17.8 Å². The maximum absolute atomic E-state index is 13.0. The molecule has 1 aromatic carbocycles. The first-order chi connectivity index (χ1) is 12.5. The van der Waals surface area contributed by atoms with Crippen LogP contribution in [0, 0.1) is 5.82 Å². The van der Waals surface area contributed by atoms with Gasteiger partial charge in [0.15, 0.2) is 5.76 Å². The zero-order chi connectivity index (χ0) is 18.5. The molecule has 0 aliphatic carbocycles. The van der Waals surface area contributed by atoms with Crippen molar-refractivity contribution in [3.8, 4) is 11.3 Å². The van der Waals surface area contributed by atoms with Crippen molar-refractivity contribution in [2.45, 2.75) is 50.9 Å². The topological polar surface area (TPSA) is 84.6 Å². The summed E-state index contributed by atoms with van der Waals surface area (Å²) in [5, 5.41) is 16.9. The molecule has 0 bridgehead atoms. The van der Waals surface area contributed by atoms with Crippen LogP contribution in [-0.4, -0.2) is 41.0 Å². The largest absolute Gasteiger partial charge is 0.390 e. The number of amides is 1. The molecule has 3 rings (SSSR count). The SMILES string of the molecule is CCC(=O)NC[C@H]1O[C@H](Cc2cc(-c3ccc(F)cc3)on2)CC[C@@H]1O. The molecule has 2 N–H and O–H groups in total. The van der Waals surface area contributed by atoms with Gasteiger partial charge >= 0.3 is 0 Å². The van der Waals surface area contributed by atoms with E-state index in [0.717, 1.165) is 11.3 Å². The average Bonchev–Trinajstić information content (AvgIpc) is 3.11. The molecule has 140 valence electrons. The molecule has 2 aromatic rings. The molecule has 0 saturated carbocycles. The monoisotopic (exact) mass is 362 g/mol. The van der Waals surface area contributed by atoms with Crippen molar-refractivity contribution in [2.24, 2.45) is 0 Å². The van der Waals surface area contributed by atoms with Crippen molar-refractivity contribution in [1.82, 2.24) is 10.5 Å². The number of hydrogen-bond acceptors (Lipinski definition) is 5. The van der Waals surface area contributed by atoms with Crippen LogP contribution in [0.2, 0.25) is 0 Å². The lowest BCUT2D eigenvalue weighted by Gasteiger charge is -2.33. The van der Waals surface area contributed by atoms with Crippen LogP contribution in [0.3, 0.4) is 0 Å². The summed E-state index contributed by atoms with van der Waals surface area (Å²) in [6, 6.07) is 7.84. The first kappa shape index (κ1) is 18.5. The van der Waals surface area contributed by atoms with Crippen molar-refractivity contribution >= 4 is 5.91 Å². The number of rotatable bonds is 6. The number of nitrogens with zero attached hydrogens (tertiary/aromatic N) is 1. The van der Waals surface area contributed by atoms with Crippen LogP contribution in [0.4, 0.5) is 4.39 Å². The highest BCUT2D eigenvalue weighted by atomic mass is 19.1. The van der Waals surface area contributed by atoms with Gasteiger partial charge in [0.1, 0.15) is 11.9 Å². The maximum Gasteiger partial charge on any atom is 0.219 e. The highest BCUT2D eigenvalue weighted by Gasteiger charge is 2.30. The molecule has 6 nitrogen and oxygen atoms in total. The number of carbonyl (C=O) groups excluding carboxylic acids is 1. The van der Waals surface area contributed by atoms with Gasteiger partial charge in [-0.25, -0.2) is 4.39 Å². The van der Waals surface area contributed by atoms with Crippen LogP contribution >= 0.6 is 0 Å². The summed E-state index contributed by atoms with van der Waals surface area (Å²) >= 11 is 0. The van der Waals surface area contributed by atoms with Gasteiger partial charge in [0.2, 0.25) is 5.91 Å². The zero-order valence-corrected chi connectivity index (χ0v) is 14.7. The minimum atomic E-state index is -0.588. The summed E-state index contributed by atoms with van der Waals surface area (Å²) in [6.45, 7) is 2.07. The highest BCUT2D eigenvalue weighted by Crippen LogP contribution is 2.25. The van der Waals surface area contributed by atoms with Gasteiger partial charge < -0.3 is 19.7 Å². The molecule has 1 fully saturated rings. The third-order valence-corrected chi connectivity index (χ3v) is 4.53. The molecule has 0 unspecified atom stereocenters. The van der Waals surface area contributed by atoms with E-state index in [1.165, 1.54) is 12.1 Å². The number of halogens is 1. The van der Waals surface area contributed by atoms with Crippen LogP contribution < -0.4 is 5.32 Å². The van der Waals surface area contributed by atoms with E-state index in [1.807, 2.05) is 6.07 Å². The van der Waals surface area contributed by atoms with Crippen LogP contribution in [-0.2, 0) is 16.0 Å². The van der Waals surface area contributed by atoms with E-state index in [0.29, 0.717) is 38.0 Å². The minimum Gasteiger partial charge on any atom is -0.390 e. The second-order valence-corrected chi connectivity index (χ2v) is 6.49. The molecule has 1 aliphatic rings. The number of aliphatic hydroxyl groups excluding tert-OH is 1. The predicted molar refractivity (Wildman–Crippen MR) is 92.8 cm³/mol. The molecule has 1 saturated heterocycles. The normalized spacial score (nSPS) is 23.0. The first-order valence-corrected chi connectivity index (χ1v) is 8.87. The molecule has 0 spiro atoms. The van der Waals surface area contributed by atoms with Crippen molar-refractivity contribution in [3.05, 3.63) is 41.8 Å². The summed E-state index contributed by atoms with van der Waals surface area (Å²) in [7, 11) is 0. The summed E-state index contributed by atoms with van der Waals surface area (Å²) in [4.78, 5) is 11.4. The third kappa shape index (κ3) is 4.68. The second kappa shape index (κ2) is 8.42. The smallest absolute Gasteiger partial charge is 0.219 e. The van der Waals surface area contributed by atoms with Gasteiger partial charge in [-0.1, -0.05) is 12.1 Å². The highest BCUT2D eigenvalue weighted by molar-refractivity contribution is 5.75. The van der Waals surface area contributed by atoms with Gasteiger partial charge in [0.25, 0.3) is 0 Å². The minimum absolute atomic E-state index is 0.0663. The number of nitrogens with one attached hydrogen (secondary N) is 1. The molecule has 1 amide bonds. The number of carbonyl (C=O) groups is 1. The maximum atomic E-state index is 13.0. The lowest BCUT2D eigenvalue weighted by atomic mass is 9.98. The Hall–Kier alpha value is -2.25. The van der Waals surface area contributed by atoms with E-state index in [4.69, 9.17) is 9.26 Å². The third-order valence-electron chi connectivity index (χ3n) is 4.53. The van der Waals surface area contributed by atoms with E-state index in [1.54, 1.807) is 19.1 Å². The fourth-order valence-electron chi connectivity index (χ4n) is 3.01. The van der Waals surface area contributed by atoms with E-state index < -0.39 is 12.2 Å². The Kier molecular flexibility index (Phi) is 6.00. The van der Waals surface area contributed by atoms with Crippen molar-refractivity contribution in [3.63, 3.8) is 0 Å². The van der Waals surface area contributed by atoms with Gasteiger partial charge in [0, 0.05) is 31.0 Å². The van der Waals surface area contributed by atoms with Crippen molar-refractivity contribution < 1.29 is 23.6 Å². The Morgan fingerprint density at radius 3 is 2.85 bits per heavy atom. The van der Waals surface area contributed by atoms with Gasteiger partial charge in [-0.2, -0.15) is 0 Å². The molecule has 3 atom stereocenters. The lowest BCUT2D eigenvalue weighted by Crippen LogP contribution is -2.46. The van der Waals surface area contributed by atoms with Crippen LogP contribution in [0.1, 0.15) is 31.9 Å². The Morgan fingerprint density at radius 2 is 2.12 bits per heavy atom. The van der Waals surface area contributed by atoms with Gasteiger partial charge in [-0.15, -0.1) is 0 Å². The average molecular weight is 362 g/mol. The van der Waals surface area contributed by atoms with Gasteiger partial charge in [-0.3, -0.25) is 4.79 Å². The van der Waals surface area contributed by atoms with Crippen LogP contribution in [0.25, 0.3) is 11.3 Å². The molecule has 0 radical (unpaired) electrons. The summed E-state index contributed by atoms with van der Waals surface area (Å²) < 4.78 is 24.3. The summed E-state index contributed by atoms with van der Waals surface area (Å²) in [5.74, 6) is 0.204. The number of hydrogen-bond donors (Lipinski definition) is 2. The number of aromatic nitrogens is 1. The van der Waals surface area contributed by atoms with E-state index >= 15 is 0 Å². The number of ether oxygens (including phenoxy) is 1. The Labute approximate surface area is 151 Å².